The number of pyridine rings is 1. The van der Waals surface area contributed by atoms with Gasteiger partial charge >= 0.3 is 0 Å². The Morgan fingerprint density at radius 1 is 1.32 bits per heavy atom. The van der Waals surface area contributed by atoms with Gasteiger partial charge in [0.1, 0.15) is 6.61 Å². The van der Waals surface area contributed by atoms with Crippen molar-refractivity contribution >= 4 is 11.8 Å². The van der Waals surface area contributed by atoms with E-state index in [4.69, 9.17) is 4.74 Å². The lowest BCUT2D eigenvalue weighted by Crippen LogP contribution is -2.44. The molecule has 132 valence electrons. The van der Waals surface area contributed by atoms with Gasteiger partial charge in [0.25, 0.3) is 0 Å². The Kier molecular flexibility index (Phi) is 5.39. The summed E-state index contributed by atoms with van der Waals surface area (Å²) < 4.78 is 6.76. The smallest absolute Gasteiger partial charge is 0.248 e. The molecule has 1 aliphatic heterocycles. The van der Waals surface area contributed by atoms with Gasteiger partial charge in [-0.2, -0.15) is 5.10 Å². The molecule has 2 aromatic rings. The van der Waals surface area contributed by atoms with Gasteiger partial charge in [-0.3, -0.25) is 19.3 Å². The lowest BCUT2D eigenvalue weighted by molar-refractivity contribution is -0.138. The molecule has 1 atom stereocenters. The number of carbonyl (C=O) groups excluding carboxylic acids is 2. The third kappa shape index (κ3) is 4.21. The van der Waals surface area contributed by atoms with Crippen LogP contribution in [0.15, 0.2) is 36.7 Å². The van der Waals surface area contributed by atoms with Gasteiger partial charge in [0.2, 0.25) is 11.8 Å². The van der Waals surface area contributed by atoms with Crippen LogP contribution < -0.4 is 5.32 Å². The van der Waals surface area contributed by atoms with Crippen molar-refractivity contribution < 1.29 is 14.3 Å². The van der Waals surface area contributed by atoms with Crippen LogP contribution in [0.2, 0.25) is 0 Å². The number of fused-ring (bicyclic) bond motifs is 1. The first-order chi connectivity index (χ1) is 12.2. The van der Waals surface area contributed by atoms with Crippen molar-refractivity contribution in [3.8, 4) is 0 Å². The van der Waals surface area contributed by atoms with E-state index in [0.717, 1.165) is 11.4 Å². The van der Waals surface area contributed by atoms with Crippen molar-refractivity contribution in [1.29, 1.82) is 0 Å². The average molecular weight is 343 g/mol. The summed E-state index contributed by atoms with van der Waals surface area (Å²) >= 11 is 0. The van der Waals surface area contributed by atoms with E-state index in [1.54, 1.807) is 17.3 Å². The zero-order valence-corrected chi connectivity index (χ0v) is 14.1. The highest BCUT2D eigenvalue weighted by Crippen LogP contribution is 2.23. The fourth-order valence-electron chi connectivity index (χ4n) is 2.92. The maximum Gasteiger partial charge on any atom is 0.248 e. The van der Waals surface area contributed by atoms with Gasteiger partial charge in [0.05, 0.1) is 36.9 Å². The van der Waals surface area contributed by atoms with Gasteiger partial charge in [0.15, 0.2) is 0 Å². The first-order valence-electron chi connectivity index (χ1n) is 8.13. The van der Waals surface area contributed by atoms with Gasteiger partial charge in [-0.15, -0.1) is 0 Å². The molecule has 3 heterocycles. The van der Waals surface area contributed by atoms with E-state index in [1.165, 1.54) is 7.11 Å². The van der Waals surface area contributed by atoms with Crippen molar-refractivity contribution in [2.24, 2.45) is 0 Å². The van der Waals surface area contributed by atoms with Gasteiger partial charge in [-0.25, -0.2) is 0 Å². The lowest BCUT2D eigenvalue weighted by atomic mass is 10.1. The molecule has 3 rings (SSSR count). The molecular formula is C17H21N5O3. The maximum absolute atomic E-state index is 12.3. The van der Waals surface area contributed by atoms with Crippen molar-refractivity contribution in [3.63, 3.8) is 0 Å². The standard InChI is InChI=1S/C17H21N5O3/c1-25-12-17(24)21-10-14-5-7-20-22(14)15(11-21)8-16(23)19-9-13-4-2-3-6-18-13/h2-7,15H,8-12H2,1H3,(H,19,23)/t15-/m0/s1. The molecule has 0 saturated carbocycles. The third-order valence-corrected chi connectivity index (χ3v) is 4.12. The third-order valence-electron chi connectivity index (χ3n) is 4.12. The molecular weight excluding hydrogens is 322 g/mol. The van der Waals surface area contributed by atoms with Gasteiger partial charge in [-0.1, -0.05) is 6.07 Å². The molecule has 25 heavy (non-hydrogen) atoms. The Labute approximate surface area is 145 Å². The summed E-state index contributed by atoms with van der Waals surface area (Å²) in [7, 11) is 1.49. The van der Waals surface area contributed by atoms with E-state index in [-0.39, 0.29) is 30.9 Å². The number of carbonyl (C=O) groups is 2. The van der Waals surface area contributed by atoms with Crippen LogP contribution in [0.3, 0.4) is 0 Å². The van der Waals surface area contributed by atoms with Crippen LogP contribution in [-0.2, 0) is 27.4 Å². The molecule has 0 bridgehead atoms. The Morgan fingerprint density at radius 2 is 2.20 bits per heavy atom. The minimum atomic E-state index is -0.191. The molecule has 0 fully saturated rings. The second-order valence-corrected chi connectivity index (χ2v) is 5.93. The zero-order valence-electron chi connectivity index (χ0n) is 14.1. The van der Waals surface area contributed by atoms with Gasteiger partial charge < -0.3 is 15.0 Å². The number of hydrogen-bond donors (Lipinski definition) is 1. The number of methoxy groups -OCH3 is 1. The highest BCUT2D eigenvalue weighted by molar-refractivity contribution is 5.78. The summed E-state index contributed by atoms with van der Waals surface area (Å²) in [6, 6.07) is 7.24. The van der Waals surface area contributed by atoms with Crippen LogP contribution in [0.1, 0.15) is 23.9 Å². The summed E-state index contributed by atoms with van der Waals surface area (Å²) in [5.74, 6) is -0.188. The second-order valence-electron chi connectivity index (χ2n) is 5.93. The van der Waals surface area contributed by atoms with Crippen LogP contribution in [0.25, 0.3) is 0 Å². The number of hydrogen-bond acceptors (Lipinski definition) is 5. The molecule has 0 aromatic carbocycles. The number of amides is 2. The number of ether oxygens (including phenoxy) is 1. The predicted molar refractivity (Wildman–Crippen MR) is 89.3 cm³/mol. The van der Waals surface area contributed by atoms with E-state index < -0.39 is 0 Å². The van der Waals surface area contributed by atoms with Gasteiger partial charge in [-0.05, 0) is 18.2 Å². The predicted octanol–water partition coefficient (Wildman–Crippen LogP) is 0.514. The first kappa shape index (κ1) is 17.1. The number of aromatic nitrogens is 3. The summed E-state index contributed by atoms with van der Waals surface area (Å²) in [6.07, 6.45) is 3.63. The topological polar surface area (TPSA) is 89.4 Å². The molecule has 2 aromatic heterocycles. The average Bonchev–Trinajstić information content (AvgIpc) is 3.10. The summed E-state index contributed by atoms with van der Waals surface area (Å²) in [4.78, 5) is 30.3. The molecule has 1 N–H and O–H groups in total. The van der Waals surface area contributed by atoms with Crippen LogP contribution in [0, 0.1) is 0 Å². The van der Waals surface area contributed by atoms with E-state index in [2.05, 4.69) is 15.4 Å². The first-order valence-corrected chi connectivity index (χ1v) is 8.13. The molecule has 0 aliphatic carbocycles. The molecule has 2 amide bonds. The maximum atomic E-state index is 12.3. The lowest BCUT2D eigenvalue weighted by Gasteiger charge is -2.33. The Bertz CT molecular complexity index is 731. The molecule has 0 unspecified atom stereocenters. The van der Waals surface area contributed by atoms with Gasteiger partial charge in [0, 0.05) is 26.0 Å². The molecule has 0 radical (unpaired) electrons. The largest absolute Gasteiger partial charge is 0.375 e. The minimum Gasteiger partial charge on any atom is -0.375 e. The SMILES string of the molecule is COCC(=O)N1Cc2ccnn2[C@@H](CC(=O)NCc2ccccn2)C1. The van der Waals surface area contributed by atoms with E-state index in [9.17, 15) is 9.59 Å². The van der Waals surface area contributed by atoms with Crippen LogP contribution in [0.5, 0.6) is 0 Å². The molecule has 8 heteroatoms. The fraction of sp³-hybridized carbons (Fsp3) is 0.412. The van der Waals surface area contributed by atoms with Crippen LogP contribution in [0.4, 0.5) is 0 Å². The van der Waals surface area contributed by atoms with Crippen LogP contribution in [-0.4, -0.2) is 51.7 Å². The monoisotopic (exact) mass is 343 g/mol. The minimum absolute atomic E-state index is 0.0345. The van der Waals surface area contributed by atoms with Crippen molar-refractivity contribution in [1.82, 2.24) is 25.0 Å². The normalized spacial score (nSPS) is 16.4. The number of nitrogens with zero attached hydrogens (tertiary/aromatic N) is 4. The summed E-state index contributed by atoms with van der Waals surface area (Å²) in [6.45, 7) is 1.33. The van der Waals surface area contributed by atoms with E-state index in [0.29, 0.717) is 19.6 Å². The molecule has 0 saturated heterocycles. The second kappa shape index (κ2) is 7.89. The van der Waals surface area contributed by atoms with Crippen molar-refractivity contribution in [2.75, 3.05) is 20.3 Å². The summed E-state index contributed by atoms with van der Waals surface area (Å²) in [5.41, 5.74) is 1.72. The Hall–Kier alpha value is -2.74. The van der Waals surface area contributed by atoms with Crippen molar-refractivity contribution in [3.05, 3.63) is 48.0 Å². The summed E-state index contributed by atoms with van der Waals surface area (Å²) in [5, 5.41) is 7.17. The van der Waals surface area contributed by atoms with E-state index in [1.807, 2.05) is 28.9 Å². The molecule has 1 aliphatic rings. The Balaban J connectivity index is 1.62. The highest BCUT2D eigenvalue weighted by atomic mass is 16.5. The highest BCUT2D eigenvalue weighted by Gasteiger charge is 2.29. The van der Waals surface area contributed by atoms with Crippen molar-refractivity contribution in [2.45, 2.75) is 25.6 Å². The fourth-order valence-corrected chi connectivity index (χ4v) is 2.92. The number of nitrogens with one attached hydrogen (secondary N) is 1. The molecule has 0 spiro atoms. The van der Waals surface area contributed by atoms with Crippen LogP contribution >= 0.6 is 0 Å². The van der Waals surface area contributed by atoms with E-state index >= 15 is 0 Å². The molecule has 8 nitrogen and oxygen atoms in total. The quantitative estimate of drug-likeness (QED) is 0.826. The Morgan fingerprint density at radius 3 is 2.96 bits per heavy atom. The number of rotatable bonds is 6. The zero-order chi connectivity index (χ0) is 17.6.